The van der Waals surface area contributed by atoms with Gasteiger partial charge in [0, 0.05) is 11.3 Å². The summed E-state index contributed by atoms with van der Waals surface area (Å²) < 4.78 is 2.11. The second-order valence-electron chi connectivity index (χ2n) is 6.18. The molecule has 3 nitrogen and oxygen atoms in total. The van der Waals surface area contributed by atoms with Gasteiger partial charge in [-0.1, -0.05) is 54.2 Å². The summed E-state index contributed by atoms with van der Waals surface area (Å²) in [5.41, 5.74) is 4.86. The van der Waals surface area contributed by atoms with Gasteiger partial charge in [-0.15, -0.1) is 11.3 Å². The highest BCUT2D eigenvalue weighted by Crippen LogP contribution is 2.30. The van der Waals surface area contributed by atoms with Gasteiger partial charge >= 0.3 is 0 Å². The second-order valence-corrected chi connectivity index (χ2v) is 8.26. The summed E-state index contributed by atoms with van der Waals surface area (Å²) in [6.45, 7) is 0. The molecule has 0 aliphatic rings. The van der Waals surface area contributed by atoms with Gasteiger partial charge in [-0.3, -0.25) is 4.79 Å². The number of amides is 1. The Morgan fingerprint density at radius 1 is 1.00 bits per heavy atom. The number of benzene rings is 3. The number of thiazole rings is 1. The van der Waals surface area contributed by atoms with Gasteiger partial charge in [-0.25, -0.2) is 4.98 Å². The van der Waals surface area contributed by atoms with Crippen molar-refractivity contribution < 1.29 is 4.79 Å². The molecule has 4 rings (SSSR count). The fraction of sp³-hybridized carbons (Fsp3) is 0.0909. The summed E-state index contributed by atoms with van der Waals surface area (Å²) in [6.07, 6.45) is 2.88. The van der Waals surface area contributed by atoms with Crippen LogP contribution in [0.5, 0.6) is 0 Å². The molecule has 1 aromatic heterocycles. The first-order valence-electron chi connectivity index (χ1n) is 8.60. The van der Waals surface area contributed by atoms with E-state index in [1.54, 1.807) is 23.1 Å². The molecule has 4 aromatic rings. The van der Waals surface area contributed by atoms with Gasteiger partial charge in [0.05, 0.1) is 10.2 Å². The number of nitrogens with zero attached hydrogens (tertiary/aromatic N) is 1. The highest BCUT2D eigenvalue weighted by molar-refractivity contribution is 8.00. The number of carbonyl (C=O) groups excluding carboxylic acids is 1. The third kappa shape index (κ3) is 4.21. The van der Waals surface area contributed by atoms with Crippen LogP contribution in [0.4, 0.5) is 5.69 Å². The average Bonchev–Trinajstić information content (AvgIpc) is 3.12. The Hall–Kier alpha value is -2.63. The Morgan fingerprint density at radius 3 is 2.48 bits per heavy atom. The molecule has 3 aromatic carbocycles. The molecule has 134 valence electrons. The minimum absolute atomic E-state index is 0.102. The zero-order valence-electron chi connectivity index (χ0n) is 14.8. The van der Waals surface area contributed by atoms with Crippen molar-refractivity contribution in [3.8, 4) is 0 Å². The van der Waals surface area contributed by atoms with Crippen molar-refractivity contribution >= 4 is 44.9 Å². The Bertz CT molecular complexity index is 1070. The number of fused-ring (bicyclic) bond motifs is 1. The number of carbonyl (C=O) groups is 1. The number of thioether (sulfide) groups is 1. The summed E-state index contributed by atoms with van der Waals surface area (Å²) in [5, 5.41) is 2.98. The first-order chi connectivity index (χ1) is 13.2. The van der Waals surface area contributed by atoms with Crippen LogP contribution in [0, 0.1) is 0 Å². The molecular formula is C22H18N2OS2. The molecule has 0 fully saturated rings. The number of rotatable bonds is 5. The van der Waals surface area contributed by atoms with E-state index in [9.17, 15) is 4.79 Å². The quantitative estimate of drug-likeness (QED) is 0.434. The summed E-state index contributed by atoms with van der Waals surface area (Å²) in [7, 11) is 0. The number of hydrogen-bond acceptors (Lipinski definition) is 4. The van der Waals surface area contributed by atoms with Crippen LogP contribution < -0.4 is 5.32 Å². The van der Waals surface area contributed by atoms with Gasteiger partial charge in [0.25, 0.3) is 5.91 Å². The number of aromatic nitrogens is 1. The Morgan fingerprint density at radius 2 is 1.74 bits per heavy atom. The van der Waals surface area contributed by atoms with E-state index in [-0.39, 0.29) is 5.91 Å². The van der Waals surface area contributed by atoms with E-state index in [0.29, 0.717) is 5.56 Å². The van der Waals surface area contributed by atoms with Gasteiger partial charge in [-0.2, -0.15) is 0 Å². The van der Waals surface area contributed by atoms with Crippen LogP contribution >= 0.6 is 23.1 Å². The van der Waals surface area contributed by atoms with E-state index in [2.05, 4.69) is 22.4 Å². The van der Waals surface area contributed by atoms with Crippen LogP contribution in [0.3, 0.4) is 0 Å². The van der Waals surface area contributed by atoms with Crippen molar-refractivity contribution in [1.29, 1.82) is 0 Å². The minimum atomic E-state index is -0.102. The second kappa shape index (κ2) is 7.94. The molecule has 0 atom stereocenters. The molecule has 0 aliphatic carbocycles. The third-order valence-electron chi connectivity index (χ3n) is 4.27. The fourth-order valence-electron chi connectivity index (χ4n) is 2.88. The van der Waals surface area contributed by atoms with Gasteiger partial charge in [-0.05, 0) is 54.1 Å². The Kier molecular flexibility index (Phi) is 5.23. The first-order valence-corrected chi connectivity index (χ1v) is 10.6. The monoisotopic (exact) mass is 390 g/mol. The summed E-state index contributed by atoms with van der Waals surface area (Å²) in [5.74, 6) is -0.102. The van der Waals surface area contributed by atoms with E-state index < -0.39 is 0 Å². The third-order valence-corrected chi connectivity index (χ3v) is 6.27. The minimum Gasteiger partial charge on any atom is -0.322 e. The summed E-state index contributed by atoms with van der Waals surface area (Å²) in [4.78, 5) is 17.1. The van der Waals surface area contributed by atoms with Gasteiger partial charge in [0.2, 0.25) is 0 Å². The van der Waals surface area contributed by atoms with Crippen molar-refractivity contribution in [1.82, 2.24) is 4.98 Å². The smallest absolute Gasteiger partial charge is 0.255 e. The van der Waals surface area contributed by atoms with Crippen molar-refractivity contribution in [3.63, 3.8) is 0 Å². The lowest BCUT2D eigenvalue weighted by Gasteiger charge is -2.07. The molecule has 0 saturated heterocycles. The van der Waals surface area contributed by atoms with Crippen molar-refractivity contribution in [2.45, 2.75) is 10.8 Å². The molecule has 0 aliphatic heterocycles. The van der Waals surface area contributed by atoms with Crippen LogP contribution in [0.25, 0.3) is 10.2 Å². The molecule has 0 radical (unpaired) electrons. The van der Waals surface area contributed by atoms with Crippen molar-refractivity contribution in [3.05, 3.63) is 89.5 Å². The Labute approximate surface area is 166 Å². The molecule has 5 heteroatoms. The maximum absolute atomic E-state index is 12.6. The van der Waals surface area contributed by atoms with Crippen LogP contribution in [0.1, 0.15) is 21.5 Å². The fourth-order valence-corrected chi connectivity index (χ4v) is 4.41. The maximum atomic E-state index is 12.6. The lowest BCUT2D eigenvalue weighted by atomic mass is 10.0. The largest absolute Gasteiger partial charge is 0.322 e. The maximum Gasteiger partial charge on any atom is 0.255 e. The molecular weight excluding hydrogens is 372 g/mol. The molecule has 0 spiro atoms. The molecule has 1 amide bonds. The lowest BCUT2D eigenvalue weighted by Crippen LogP contribution is -2.11. The lowest BCUT2D eigenvalue weighted by molar-refractivity contribution is 0.102. The number of nitrogens with one attached hydrogen (secondary N) is 1. The summed E-state index contributed by atoms with van der Waals surface area (Å²) >= 11 is 3.27. The van der Waals surface area contributed by atoms with Gasteiger partial charge < -0.3 is 5.32 Å². The molecule has 1 heterocycles. The number of hydrogen-bond donors (Lipinski definition) is 1. The van der Waals surface area contributed by atoms with Crippen LogP contribution in [-0.4, -0.2) is 17.1 Å². The molecule has 27 heavy (non-hydrogen) atoms. The van der Waals surface area contributed by atoms with Crippen LogP contribution in [0.2, 0.25) is 0 Å². The Balaban J connectivity index is 1.46. The topological polar surface area (TPSA) is 42.0 Å². The zero-order valence-corrected chi connectivity index (χ0v) is 16.4. The van der Waals surface area contributed by atoms with E-state index in [4.69, 9.17) is 0 Å². The predicted molar refractivity (Wildman–Crippen MR) is 115 cm³/mol. The highest BCUT2D eigenvalue weighted by Gasteiger charge is 2.09. The van der Waals surface area contributed by atoms with Crippen LogP contribution in [0.15, 0.2) is 77.1 Å². The molecule has 0 unspecified atom stereocenters. The van der Waals surface area contributed by atoms with E-state index >= 15 is 0 Å². The van der Waals surface area contributed by atoms with Crippen molar-refractivity contribution in [2.24, 2.45) is 0 Å². The first kappa shape index (κ1) is 17.8. The van der Waals surface area contributed by atoms with Gasteiger partial charge in [0.15, 0.2) is 4.34 Å². The number of anilines is 1. The van der Waals surface area contributed by atoms with E-state index in [0.717, 1.165) is 26.7 Å². The average molecular weight is 391 g/mol. The molecule has 1 N–H and O–H groups in total. The van der Waals surface area contributed by atoms with Crippen LogP contribution in [-0.2, 0) is 6.42 Å². The molecule has 0 saturated carbocycles. The van der Waals surface area contributed by atoms with E-state index in [1.165, 1.54) is 11.1 Å². The normalized spacial score (nSPS) is 10.9. The van der Waals surface area contributed by atoms with Gasteiger partial charge in [0.1, 0.15) is 0 Å². The van der Waals surface area contributed by atoms with Crippen molar-refractivity contribution in [2.75, 3.05) is 11.6 Å². The summed E-state index contributed by atoms with van der Waals surface area (Å²) in [6, 6.07) is 23.9. The van der Waals surface area contributed by atoms with E-state index in [1.807, 2.05) is 66.9 Å². The zero-order chi connectivity index (χ0) is 18.6. The SMILES string of the molecule is CSc1nc2ccc(NC(=O)c3ccc(Cc4ccccc4)cc3)cc2s1. The highest BCUT2D eigenvalue weighted by atomic mass is 32.2. The standard InChI is InChI=1S/C22H18N2OS2/c1-26-22-24-19-12-11-18(14-20(19)27-22)23-21(25)17-9-7-16(8-10-17)13-15-5-3-2-4-6-15/h2-12,14H,13H2,1H3,(H,23,25). The predicted octanol–water partition coefficient (Wildman–Crippen LogP) is 5.86. The molecule has 0 bridgehead atoms.